The number of benzene rings is 2. The first-order chi connectivity index (χ1) is 13.6. The minimum atomic E-state index is -0.334. The molecule has 6 nitrogen and oxygen atoms in total. The van der Waals surface area contributed by atoms with Gasteiger partial charge < -0.3 is 20.1 Å². The quantitative estimate of drug-likeness (QED) is 0.627. The molecular formula is C22H23N3O3. The summed E-state index contributed by atoms with van der Waals surface area (Å²) < 4.78 is 10.5. The van der Waals surface area contributed by atoms with Gasteiger partial charge in [-0.3, -0.25) is 9.78 Å². The average molecular weight is 377 g/mol. The van der Waals surface area contributed by atoms with Crippen LogP contribution in [0.2, 0.25) is 0 Å². The van der Waals surface area contributed by atoms with E-state index in [0.717, 1.165) is 17.8 Å². The van der Waals surface area contributed by atoms with E-state index < -0.39 is 0 Å². The zero-order valence-corrected chi connectivity index (χ0v) is 16.2. The molecule has 28 heavy (non-hydrogen) atoms. The zero-order valence-electron chi connectivity index (χ0n) is 16.2. The van der Waals surface area contributed by atoms with Crippen LogP contribution in [0.5, 0.6) is 11.5 Å². The lowest BCUT2D eigenvalue weighted by Crippen LogP contribution is -2.14. The van der Waals surface area contributed by atoms with Gasteiger partial charge in [0, 0.05) is 23.6 Å². The van der Waals surface area contributed by atoms with E-state index in [1.807, 2.05) is 24.3 Å². The van der Waals surface area contributed by atoms with E-state index in [0.29, 0.717) is 22.9 Å². The molecule has 3 aromatic rings. The van der Waals surface area contributed by atoms with E-state index in [2.05, 4.69) is 28.6 Å². The Labute approximate surface area is 164 Å². The maximum absolute atomic E-state index is 12.7. The number of pyridine rings is 1. The smallest absolute Gasteiger partial charge is 0.274 e. The van der Waals surface area contributed by atoms with Crippen LogP contribution in [0.15, 0.2) is 60.8 Å². The predicted molar refractivity (Wildman–Crippen MR) is 111 cm³/mol. The molecule has 0 saturated carbocycles. The number of para-hydroxylation sites is 1. The molecule has 0 spiro atoms. The third kappa shape index (κ3) is 4.40. The molecule has 3 rings (SSSR count). The Bertz CT molecular complexity index is 973. The van der Waals surface area contributed by atoms with Crippen molar-refractivity contribution >= 4 is 23.0 Å². The van der Waals surface area contributed by atoms with Crippen molar-refractivity contribution in [2.45, 2.75) is 13.3 Å². The highest BCUT2D eigenvalue weighted by Gasteiger charge is 2.13. The molecule has 0 aliphatic heterocycles. The molecule has 2 aromatic carbocycles. The molecule has 0 saturated heterocycles. The molecule has 0 fully saturated rings. The minimum Gasteiger partial charge on any atom is -0.497 e. The van der Waals surface area contributed by atoms with E-state index in [-0.39, 0.29) is 5.91 Å². The summed E-state index contributed by atoms with van der Waals surface area (Å²) in [5, 5.41) is 6.19. The highest BCUT2D eigenvalue weighted by molar-refractivity contribution is 6.04. The first-order valence-corrected chi connectivity index (χ1v) is 8.99. The van der Waals surface area contributed by atoms with E-state index in [1.165, 1.54) is 5.56 Å². The highest BCUT2D eigenvalue weighted by atomic mass is 16.5. The van der Waals surface area contributed by atoms with Gasteiger partial charge in [-0.25, -0.2) is 0 Å². The number of methoxy groups -OCH3 is 2. The molecule has 0 atom stereocenters. The van der Waals surface area contributed by atoms with Crippen molar-refractivity contribution in [2.75, 3.05) is 24.9 Å². The third-order valence-electron chi connectivity index (χ3n) is 4.32. The number of carbonyl (C=O) groups is 1. The molecule has 1 aromatic heterocycles. The Balaban J connectivity index is 1.81. The third-order valence-corrected chi connectivity index (χ3v) is 4.32. The number of rotatable bonds is 7. The Kier molecular flexibility index (Phi) is 6.11. The van der Waals surface area contributed by atoms with Crippen LogP contribution in [-0.4, -0.2) is 25.1 Å². The van der Waals surface area contributed by atoms with Crippen LogP contribution in [0.4, 0.5) is 17.1 Å². The van der Waals surface area contributed by atoms with Gasteiger partial charge >= 0.3 is 0 Å². The highest BCUT2D eigenvalue weighted by Crippen LogP contribution is 2.29. The maximum atomic E-state index is 12.7. The van der Waals surface area contributed by atoms with Gasteiger partial charge in [0.25, 0.3) is 5.91 Å². The second-order valence-corrected chi connectivity index (χ2v) is 6.09. The second kappa shape index (κ2) is 8.90. The summed E-state index contributed by atoms with van der Waals surface area (Å²) in [5.41, 5.74) is 3.81. The largest absolute Gasteiger partial charge is 0.497 e. The standard InChI is InChI=1S/C22H23N3O3/c1-4-15-7-5-6-8-18(15)24-16-11-12-23-20(13-16)22(26)25-19-14-17(27-2)9-10-21(19)28-3/h5-14H,4H2,1-3H3,(H,23,24)(H,25,26). The lowest BCUT2D eigenvalue weighted by Gasteiger charge is -2.13. The van der Waals surface area contributed by atoms with Crippen LogP contribution >= 0.6 is 0 Å². The average Bonchev–Trinajstić information content (AvgIpc) is 2.74. The normalized spacial score (nSPS) is 10.2. The van der Waals surface area contributed by atoms with Crippen LogP contribution in [0.25, 0.3) is 0 Å². The SMILES string of the molecule is CCc1ccccc1Nc1ccnc(C(=O)Nc2cc(OC)ccc2OC)c1. The fourth-order valence-electron chi connectivity index (χ4n) is 2.84. The molecule has 0 aliphatic carbocycles. The predicted octanol–water partition coefficient (Wildman–Crippen LogP) is 4.66. The number of ether oxygens (including phenoxy) is 2. The van der Waals surface area contributed by atoms with Crippen molar-refractivity contribution < 1.29 is 14.3 Å². The molecule has 2 N–H and O–H groups in total. The Hall–Kier alpha value is -3.54. The second-order valence-electron chi connectivity index (χ2n) is 6.09. The maximum Gasteiger partial charge on any atom is 0.274 e. The van der Waals surface area contributed by atoms with Crippen LogP contribution in [0, 0.1) is 0 Å². The number of aryl methyl sites for hydroxylation is 1. The molecular weight excluding hydrogens is 354 g/mol. The van der Waals surface area contributed by atoms with E-state index in [9.17, 15) is 4.79 Å². The molecule has 0 aliphatic rings. The van der Waals surface area contributed by atoms with E-state index in [4.69, 9.17) is 9.47 Å². The van der Waals surface area contributed by atoms with Gasteiger partial charge in [0.05, 0.1) is 19.9 Å². The summed E-state index contributed by atoms with van der Waals surface area (Å²) >= 11 is 0. The van der Waals surface area contributed by atoms with Crippen molar-refractivity contribution in [1.29, 1.82) is 0 Å². The molecule has 1 amide bonds. The molecule has 144 valence electrons. The Morgan fingerprint density at radius 2 is 1.82 bits per heavy atom. The molecule has 1 heterocycles. The summed E-state index contributed by atoms with van der Waals surface area (Å²) in [6.45, 7) is 2.10. The summed E-state index contributed by atoms with van der Waals surface area (Å²) in [6.07, 6.45) is 2.52. The van der Waals surface area contributed by atoms with Gasteiger partial charge in [-0.2, -0.15) is 0 Å². The number of anilines is 3. The number of nitrogens with zero attached hydrogens (tertiary/aromatic N) is 1. The zero-order chi connectivity index (χ0) is 19.9. The van der Waals surface area contributed by atoms with Gasteiger partial charge in [-0.15, -0.1) is 0 Å². The number of hydrogen-bond donors (Lipinski definition) is 2. The summed E-state index contributed by atoms with van der Waals surface area (Å²) in [6, 6.07) is 16.8. The van der Waals surface area contributed by atoms with Crippen molar-refractivity contribution in [3.05, 3.63) is 72.1 Å². The molecule has 6 heteroatoms. The summed E-state index contributed by atoms with van der Waals surface area (Å²) in [7, 11) is 3.11. The number of nitrogens with one attached hydrogen (secondary N) is 2. The lowest BCUT2D eigenvalue weighted by molar-refractivity contribution is 0.102. The van der Waals surface area contributed by atoms with Crippen LogP contribution in [0.3, 0.4) is 0 Å². The number of hydrogen-bond acceptors (Lipinski definition) is 5. The fraction of sp³-hybridized carbons (Fsp3) is 0.182. The van der Waals surface area contributed by atoms with Crippen LogP contribution in [-0.2, 0) is 6.42 Å². The number of carbonyl (C=O) groups excluding carboxylic acids is 1. The van der Waals surface area contributed by atoms with Crippen molar-refractivity contribution in [1.82, 2.24) is 4.98 Å². The summed E-state index contributed by atoms with van der Waals surface area (Å²) in [5.74, 6) is 0.829. The fourth-order valence-corrected chi connectivity index (χ4v) is 2.84. The number of amides is 1. The first-order valence-electron chi connectivity index (χ1n) is 8.99. The molecule has 0 bridgehead atoms. The van der Waals surface area contributed by atoms with Crippen LogP contribution < -0.4 is 20.1 Å². The van der Waals surface area contributed by atoms with Gasteiger partial charge in [-0.05, 0) is 42.3 Å². The summed E-state index contributed by atoms with van der Waals surface area (Å²) in [4.78, 5) is 16.9. The molecule has 0 radical (unpaired) electrons. The van der Waals surface area contributed by atoms with Gasteiger partial charge in [0.1, 0.15) is 17.2 Å². The van der Waals surface area contributed by atoms with E-state index in [1.54, 1.807) is 44.7 Å². The first kappa shape index (κ1) is 19.2. The van der Waals surface area contributed by atoms with Gasteiger partial charge in [-0.1, -0.05) is 25.1 Å². The lowest BCUT2D eigenvalue weighted by atomic mass is 10.1. The topological polar surface area (TPSA) is 72.5 Å². The van der Waals surface area contributed by atoms with Gasteiger partial charge in [0.15, 0.2) is 0 Å². The van der Waals surface area contributed by atoms with Crippen molar-refractivity contribution in [2.24, 2.45) is 0 Å². The van der Waals surface area contributed by atoms with Crippen molar-refractivity contribution in [3.63, 3.8) is 0 Å². The monoisotopic (exact) mass is 377 g/mol. The Morgan fingerprint density at radius 1 is 1.00 bits per heavy atom. The van der Waals surface area contributed by atoms with Gasteiger partial charge in [0.2, 0.25) is 0 Å². The Morgan fingerprint density at radius 3 is 2.57 bits per heavy atom. The van der Waals surface area contributed by atoms with Crippen molar-refractivity contribution in [3.8, 4) is 11.5 Å². The van der Waals surface area contributed by atoms with E-state index >= 15 is 0 Å². The minimum absolute atomic E-state index is 0.295. The molecule has 0 unspecified atom stereocenters. The van der Waals surface area contributed by atoms with Crippen LogP contribution in [0.1, 0.15) is 23.0 Å². The number of aromatic nitrogens is 1.